The Morgan fingerprint density at radius 1 is 0.577 bits per heavy atom. The third kappa shape index (κ3) is 5.77. The highest BCUT2D eigenvalue weighted by atomic mass is 16.3. The molecular weight excluding hydrogens is 635 g/mol. The normalized spacial score (nSPS) is 12.6. The van der Waals surface area contributed by atoms with Crippen molar-refractivity contribution >= 4 is 66.9 Å². The van der Waals surface area contributed by atoms with Gasteiger partial charge in [-0.05, 0) is 125 Å². The number of H-pyrrole nitrogens is 1. The maximum absolute atomic E-state index is 6.69. The van der Waals surface area contributed by atoms with Crippen LogP contribution in [-0.2, 0) is 0 Å². The van der Waals surface area contributed by atoms with Gasteiger partial charge in [-0.2, -0.15) is 0 Å². The maximum atomic E-state index is 6.69. The van der Waals surface area contributed by atoms with E-state index in [1.807, 2.05) is 6.08 Å². The summed E-state index contributed by atoms with van der Waals surface area (Å²) in [5.41, 5.74) is 14.5. The molecule has 3 heteroatoms. The molecule has 0 atom stereocenters. The van der Waals surface area contributed by atoms with E-state index in [0.717, 1.165) is 73.2 Å². The summed E-state index contributed by atoms with van der Waals surface area (Å²) < 4.78 is 13.4. The number of nitrogens with one attached hydrogen (secondary N) is 1. The van der Waals surface area contributed by atoms with Gasteiger partial charge in [0.2, 0.25) is 0 Å². The quantitative estimate of drug-likeness (QED) is 0.165. The number of benzene rings is 5. The SMILES string of the molecule is C=Cc1c(/C=C\CC(C)C)oc2c(-c3ccc4[nH]c5ccc(-c6cc(C(C)C)cc7c6oc6ccc(C(C)C)cc67)cc5c4c3)cc(C(C)C)cc12. The number of hydrogen-bond donors (Lipinski definition) is 1. The fourth-order valence-electron chi connectivity index (χ4n) is 7.65. The zero-order chi connectivity index (χ0) is 36.4. The zero-order valence-corrected chi connectivity index (χ0v) is 31.8. The molecule has 0 radical (unpaired) electrons. The molecule has 0 spiro atoms. The number of allylic oxidation sites excluding steroid dienone is 1. The van der Waals surface area contributed by atoms with Crippen molar-refractivity contribution in [1.29, 1.82) is 0 Å². The highest BCUT2D eigenvalue weighted by Gasteiger charge is 2.20. The lowest BCUT2D eigenvalue weighted by molar-refractivity contribution is 0.602. The molecule has 0 amide bonds. The summed E-state index contributed by atoms with van der Waals surface area (Å²) in [6, 6.07) is 29.5. The fourth-order valence-corrected chi connectivity index (χ4v) is 7.65. The first-order valence-electron chi connectivity index (χ1n) is 19.0. The van der Waals surface area contributed by atoms with E-state index in [1.165, 1.54) is 38.2 Å². The van der Waals surface area contributed by atoms with Crippen LogP contribution in [0.15, 0.2) is 100 Å². The van der Waals surface area contributed by atoms with E-state index in [4.69, 9.17) is 8.83 Å². The molecule has 0 fully saturated rings. The smallest absolute Gasteiger partial charge is 0.143 e. The number of rotatable bonds is 9. The standard InChI is InChI=1S/C49H49NO2/c1-10-36-42-25-34(29(6)7)23-37(48(42)51-46(36)13-11-12-27(2)3)32-14-17-44-39(21-32)40-22-33(15-18-45(40)50-44)38-24-35(30(8)9)26-43-41-20-31(28(4)5)16-19-47(41)52-49(38)43/h10-11,13-30,50H,1,12H2,2-9H3/b13-11-. The van der Waals surface area contributed by atoms with Crippen LogP contribution in [0.3, 0.4) is 0 Å². The molecule has 0 aliphatic heterocycles. The molecule has 8 aromatic rings. The summed E-state index contributed by atoms with van der Waals surface area (Å²) in [6.07, 6.45) is 7.28. The Morgan fingerprint density at radius 2 is 1.13 bits per heavy atom. The number of hydrogen-bond acceptors (Lipinski definition) is 2. The summed E-state index contributed by atoms with van der Waals surface area (Å²) in [7, 11) is 0. The van der Waals surface area contributed by atoms with Crippen molar-refractivity contribution in [2.75, 3.05) is 0 Å². The van der Waals surface area contributed by atoms with Crippen molar-refractivity contribution < 1.29 is 8.83 Å². The third-order valence-electron chi connectivity index (χ3n) is 10.8. The first kappa shape index (κ1) is 33.8. The van der Waals surface area contributed by atoms with Crippen LogP contribution < -0.4 is 0 Å². The maximum Gasteiger partial charge on any atom is 0.143 e. The van der Waals surface area contributed by atoms with Gasteiger partial charge >= 0.3 is 0 Å². The topological polar surface area (TPSA) is 42.1 Å². The van der Waals surface area contributed by atoms with Gasteiger partial charge < -0.3 is 13.8 Å². The molecule has 0 unspecified atom stereocenters. The van der Waals surface area contributed by atoms with Gasteiger partial charge in [0.15, 0.2) is 0 Å². The lowest BCUT2D eigenvalue weighted by atomic mass is 9.92. The van der Waals surface area contributed by atoms with Crippen LogP contribution in [0.1, 0.15) is 108 Å². The van der Waals surface area contributed by atoms with E-state index in [-0.39, 0.29) is 0 Å². The van der Waals surface area contributed by atoms with Crippen LogP contribution >= 0.6 is 0 Å². The van der Waals surface area contributed by atoms with Crippen molar-refractivity contribution in [3.63, 3.8) is 0 Å². The monoisotopic (exact) mass is 683 g/mol. The molecule has 0 bridgehead atoms. The van der Waals surface area contributed by atoms with Gasteiger partial charge in [0.1, 0.15) is 22.5 Å². The predicted molar refractivity (Wildman–Crippen MR) is 225 cm³/mol. The number of fused-ring (bicyclic) bond motifs is 7. The van der Waals surface area contributed by atoms with E-state index < -0.39 is 0 Å². The Labute approximate surface area is 307 Å². The van der Waals surface area contributed by atoms with Crippen molar-refractivity contribution in [3.05, 3.63) is 120 Å². The average molecular weight is 684 g/mol. The molecule has 262 valence electrons. The molecule has 0 aliphatic carbocycles. The van der Waals surface area contributed by atoms with E-state index >= 15 is 0 Å². The van der Waals surface area contributed by atoms with E-state index in [1.54, 1.807) is 0 Å². The number of aromatic nitrogens is 1. The molecule has 0 saturated heterocycles. The van der Waals surface area contributed by atoms with Crippen LogP contribution in [0.2, 0.25) is 0 Å². The van der Waals surface area contributed by atoms with Gasteiger partial charge in [-0.25, -0.2) is 0 Å². The van der Waals surface area contributed by atoms with Crippen LogP contribution in [-0.4, -0.2) is 4.98 Å². The Bertz CT molecular complexity index is 2680. The Hall–Kier alpha value is -5.28. The van der Waals surface area contributed by atoms with Crippen molar-refractivity contribution in [2.45, 2.75) is 79.6 Å². The molecule has 0 aliphatic rings. The van der Waals surface area contributed by atoms with Gasteiger partial charge in [0.05, 0.1) is 0 Å². The third-order valence-corrected chi connectivity index (χ3v) is 10.8. The summed E-state index contributed by atoms with van der Waals surface area (Å²) in [6.45, 7) is 22.2. The van der Waals surface area contributed by atoms with E-state index in [0.29, 0.717) is 23.7 Å². The first-order valence-corrected chi connectivity index (χ1v) is 19.0. The summed E-state index contributed by atoms with van der Waals surface area (Å²) in [5, 5.41) is 5.86. The first-order chi connectivity index (χ1) is 25.0. The Kier molecular flexibility index (Phi) is 8.49. The summed E-state index contributed by atoms with van der Waals surface area (Å²) >= 11 is 0. The second-order valence-electron chi connectivity index (χ2n) is 16.0. The van der Waals surface area contributed by atoms with Crippen molar-refractivity contribution in [3.8, 4) is 22.3 Å². The lowest BCUT2D eigenvalue weighted by Crippen LogP contribution is -1.90. The van der Waals surface area contributed by atoms with Gasteiger partial charge in [-0.3, -0.25) is 0 Å². The minimum Gasteiger partial charge on any atom is -0.455 e. The van der Waals surface area contributed by atoms with E-state index in [2.05, 4.69) is 158 Å². The minimum atomic E-state index is 0.365. The Balaban J connectivity index is 1.32. The highest BCUT2D eigenvalue weighted by molar-refractivity contribution is 6.13. The molecule has 52 heavy (non-hydrogen) atoms. The second kappa shape index (κ2) is 13.0. The molecule has 3 aromatic heterocycles. The van der Waals surface area contributed by atoms with Gasteiger partial charge in [-0.15, -0.1) is 0 Å². The van der Waals surface area contributed by atoms with Gasteiger partial charge in [0.25, 0.3) is 0 Å². The molecular formula is C49H49NO2. The van der Waals surface area contributed by atoms with E-state index in [9.17, 15) is 0 Å². The highest BCUT2D eigenvalue weighted by Crippen LogP contribution is 2.43. The second-order valence-corrected chi connectivity index (χ2v) is 16.0. The van der Waals surface area contributed by atoms with Crippen molar-refractivity contribution in [1.82, 2.24) is 4.98 Å². The zero-order valence-electron chi connectivity index (χ0n) is 31.8. The molecule has 3 heterocycles. The molecule has 3 nitrogen and oxygen atoms in total. The van der Waals surface area contributed by atoms with Gasteiger partial charge in [-0.1, -0.05) is 92.3 Å². The number of furan rings is 2. The molecule has 8 rings (SSSR count). The minimum absolute atomic E-state index is 0.365. The van der Waals surface area contributed by atoms with Crippen molar-refractivity contribution in [2.24, 2.45) is 5.92 Å². The Morgan fingerprint density at radius 3 is 1.69 bits per heavy atom. The lowest BCUT2D eigenvalue weighted by Gasteiger charge is -2.11. The average Bonchev–Trinajstić information content (AvgIpc) is 3.80. The largest absolute Gasteiger partial charge is 0.455 e. The fraction of sp³-hybridized carbons (Fsp3) is 0.265. The van der Waals surface area contributed by atoms with Crippen LogP contribution in [0.4, 0.5) is 0 Å². The summed E-state index contributed by atoms with van der Waals surface area (Å²) in [5.74, 6) is 2.65. The van der Waals surface area contributed by atoms with Crippen LogP contribution in [0, 0.1) is 5.92 Å². The molecule has 5 aromatic carbocycles. The molecule has 1 N–H and O–H groups in total. The van der Waals surface area contributed by atoms with Crippen LogP contribution in [0.25, 0.3) is 89.1 Å². The van der Waals surface area contributed by atoms with Crippen LogP contribution in [0.5, 0.6) is 0 Å². The predicted octanol–water partition coefficient (Wildman–Crippen LogP) is 15.4. The number of aromatic amines is 1. The summed E-state index contributed by atoms with van der Waals surface area (Å²) in [4.78, 5) is 3.69. The van der Waals surface area contributed by atoms with Gasteiger partial charge in [0, 0.05) is 54.7 Å². The molecule has 0 saturated carbocycles.